The third-order valence-electron chi connectivity index (χ3n) is 3.44. The summed E-state index contributed by atoms with van der Waals surface area (Å²) >= 11 is 0. The smallest absolute Gasteiger partial charge is 0.328 e. The zero-order valence-corrected chi connectivity index (χ0v) is 11.6. The van der Waals surface area contributed by atoms with Gasteiger partial charge in [-0.1, -0.05) is 0 Å². The monoisotopic (exact) mass is 278 g/mol. The van der Waals surface area contributed by atoms with Gasteiger partial charge in [0, 0.05) is 12.2 Å². The SMILES string of the molecule is COC(=O)C1CCCN1C(=O)c1cc(N)ccc1OC. The van der Waals surface area contributed by atoms with Crippen LogP contribution in [0.5, 0.6) is 5.75 Å². The van der Waals surface area contributed by atoms with Gasteiger partial charge in [0.1, 0.15) is 11.8 Å². The Balaban J connectivity index is 2.31. The number of ether oxygens (including phenoxy) is 2. The molecule has 20 heavy (non-hydrogen) atoms. The van der Waals surface area contributed by atoms with Crippen LogP contribution < -0.4 is 10.5 Å². The number of carbonyl (C=O) groups is 2. The standard InChI is InChI=1S/C14H18N2O4/c1-19-12-6-5-9(15)8-10(12)13(17)16-7-3-4-11(16)14(18)20-2/h5-6,8,11H,3-4,7,15H2,1-2H3. The molecule has 0 aromatic heterocycles. The topological polar surface area (TPSA) is 81.9 Å². The number of likely N-dealkylation sites (tertiary alicyclic amines) is 1. The molecule has 0 bridgehead atoms. The van der Waals surface area contributed by atoms with Gasteiger partial charge in [0.05, 0.1) is 19.8 Å². The number of hydrogen-bond donors (Lipinski definition) is 1. The van der Waals surface area contributed by atoms with Crippen LogP contribution in [0.15, 0.2) is 18.2 Å². The summed E-state index contributed by atoms with van der Waals surface area (Å²) in [7, 11) is 2.81. The van der Waals surface area contributed by atoms with Crippen LogP contribution in [0.3, 0.4) is 0 Å². The first-order chi connectivity index (χ1) is 9.58. The Bertz CT molecular complexity index is 530. The number of esters is 1. The second-order valence-corrected chi connectivity index (χ2v) is 4.64. The van der Waals surface area contributed by atoms with Gasteiger partial charge in [-0.05, 0) is 31.0 Å². The molecule has 1 heterocycles. The molecule has 2 N–H and O–H groups in total. The number of methoxy groups -OCH3 is 2. The predicted octanol–water partition coefficient (Wildman–Crippen LogP) is 1.05. The molecule has 1 aliphatic heterocycles. The van der Waals surface area contributed by atoms with Crippen molar-refractivity contribution in [2.75, 3.05) is 26.5 Å². The third-order valence-corrected chi connectivity index (χ3v) is 3.44. The van der Waals surface area contributed by atoms with E-state index in [1.807, 2.05) is 0 Å². The first kappa shape index (κ1) is 14.2. The minimum Gasteiger partial charge on any atom is -0.496 e. The molecule has 1 amide bonds. The number of anilines is 1. The summed E-state index contributed by atoms with van der Waals surface area (Å²) in [5.41, 5.74) is 6.56. The summed E-state index contributed by atoms with van der Waals surface area (Å²) in [5, 5.41) is 0. The summed E-state index contributed by atoms with van der Waals surface area (Å²) in [5.74, 6) is -0.208. The molecule has 1 atom stereocenters. The van der Waals surface area contributed by atoms with E-state index in [-0.39, 0.29) is 5.91 Å². The minimum absolute atomic E-state index is 0.262. The van der Waals surface area contributed by atoms with E-state index in [9.17, 15) is 9.59 Å². The Morgan fingerprint density at radius 1 is 1.35 bits per heavy atom. The molecule has 1 saturated heterocycles. The average molecular weight is 278 g/mol. The molecule has 0 saturated carbocycles. The number of amides is 1. The molecular weight excluding hydrogens is 260 g/mol. The van der Waals surface area contributed by atoms with Crippen LogP contribution >= 0.6 is 0 Å². The Labute approximate surface area is 117 Å². The van der Waals surface area contributed by atoms with Gasteiger partial charge in [-0.3, -0.25) is 4.79 Å². The third kappa shape index (κ3) is 2.54. The number of benzene rings is 1. The van der Waals surface area contributed by atoms with Gasteiger partial charge in [0.15, 0.2) is 0 Å². The van der Waals surface area contributed by atoms with E-state index in [2.05, 4.69) is 0 Å². The van der Waals surface area contributed by atoms with Gasteiger partial charge < -0.3 is 20.1 Å². The van der Waals surface area contributed by atoms with Crippen LogP contribution in [0.25, 0.3) is 0 Å². The summed E-state index contributed by atoms with van der Waals surface area (Å²) in [4.78, 5) is 25.8. The number of hydrogen-bond acceptors (Lipinski definition) is 5. The van der Waals surface area contributed by atoms with E-state index in [0.29, 0.717) is 30.0 Å². The van der Waals surface area contributed by atoms with E-state index < -0.39 is 12.0 Å². The number of rotatable bonds is 3. The zero-order valence-electron chi connectivity index (χ0n) is 11.6. The Morgan fingerprint density at radius 2 is 2.10 bits per heavy atom. The van der Waals surface area contributed by atoms with E-state index in [0.717, 1.165) is 6.42 Å². The minimum atomic E-state index is -0.529. The van der Waals surface area contributed by atoms with Crippen molar-refractivity contribution in [1.82, 2.24) is 4.90 Å². The number of nitrogens with two attached hydrogens (primary N) is 1. The molecule has 1 aromatic carbocycles. The van der Waals surface area contributed by atoms with Crippen LogP contribution in [0, 0.1) is 0 Å². The van der Waals surface area contributed by atoms with Crippen LogP contribution in [0.2, 0.25) is 0 Å². The summed E-state index contributed by atoms with van der Waals surface area (Å²) in [6, 6.07) is 4.34. The lowest BCUT2D eigenvalue weighted by Crippen LogP contribution is -2.41. The van der Waals surface area contributed by atoms with Crippen LogP contribution in [0.1, 0.15) is 23.2 Å². The molecule has 2 rings (SSSR count). The Kier molecular flexibility index (Phi) is 4.12. The molecule has 1 aromatic rings. The van der Waals surface area contributed by atoms with E-state index in [1.165, 1.54) is 19.1 Å². The number of carbonyl (C=O) groups excluding carboxylic acids is 2. The fourth-order valence-electron chi connectivity index (χ4n) is 2.44. The van der Waals surface area contributed by atoms with Gasteiger partial charge in [-0.2, -0.15) is 0 Å². The van der Waals surface area contributed by atoms with Crippen molar-refractivity contribution >= 4 is 17.6 Å². The molecule has 6 heteroatoms. The highest BCUT2D eigenvalue weighted by Gasteiger charge is 2.36. The van der Waals surface area contributed by atoms with Crippen molar-refractivity contribution in [3.8, 4) is 5.75 Å². The van der Waals surface area contributed by atoms with Crippen LogP contribution in [-0.4, -0.2) is 43.6 Å². The second kappa shape index (κ2) is 5.81. The molecule has 0 spiro atoms. The molecule has 1 fully saturated rings. The fraction of sp³-hybridized carbons (Fsp3) is 0.429. The number of nitrogens with zero attached hydrogens (tertiary/aromatic N) is 1. The molecule has 6 nitrogen and oxygen atoms in total. The quantitative estimate of drug-likeness (QED) is 0.660. The van der Waals surface area contributed by atoms with Crippen molar-refractivity contribution < 1.29 is 19.1 Å². The maximum absolute atomic E-state index is 12.6. The lowest BCUT2D eigenvalue weighted by Gasteiger charge is -2.23. The first-order valence-corrected chi connectivity index (χ1v) is 6.40. The molecule has 0 radical (unpaired) electrons. The summed E-state index contributed by atoms with van der Waals surface area (Å²) < 4.78 is 9.93. The van der Waals surface area contributed by atoms with Crippen molar-refractivity contribution in [1.29, 1.82) is 0 Å². The zero-order chi connectivity index (χ0) is 14.7. The molecular formula is C14H18N2O4. The largest absolute Gasteiger partial charge is 0.496 e. The van der Waals surface area contributed by atoms with Gasteiger partial charge in [0.2, 0.25) is 0 Å². The van der Waals surface area contributed by atoms with Crippen LogP contribution in [-0.2, 0) is 9.53 Å². The predicted molar refractivity (Wildman–Crippen MR) is 73.5 cm³/mol. The molecule has 1 unspecified atom stereocenters. The van der Waals surface area contributed by atoms with Gasteiger partial charge >= 0.3 is 5.97 Å². The molecule has 108 valence electrons. The Hall–Kier alpha value is -2.24. The van der Waals surface area contributed by atoms with Crippen molar-refractivity contribution in [3.63, 3.8) is 0 Å². The summed E-state index contributed by atoms with van der Waals surface area (Å²) in [6.45, 7) is 0.524. The number of nitrogen functional groups attached to an aromatic ring is 1. The van der Waals surface area contributed by atoms with E-state index in [1.54, 1.807) is 18.2 Å². The van der Waals surface area contributed by atoms with Gasteiger partial charge in [-0.15, -0.1) is 0 Å². The second-order valence-electron chi connectivity index (χ2n) is 4.64. The van der Waals surface area contributed by atoms with E-state index in [4.69, 9.17) is 15.2 Å². The lowest BCUT2D eigenvalue weighted by atomic mass is 10.1. The van der Waals surface area contributed by atoms with Crippen molar-refractivity contribution in [3.05, 3.63) is 23.8 Å². The Morgan fingerprint density at radius 3 is 2.75 bits per heavy atom. The van der Waals surface area contributed by atoms with Crippen LogP contribution in [0.4, 0.5) is 5.69 Å². The maximum atomic E-state index is 12.6. The highest BCUT2D eigenvalue weighted by Crippen LogP contribution is 2.27. The highest BCUT2D eigenvalue weighted by molar-refractivity contribution is 6.00. The lowest BCUT2D eigenvalue weighted by molar-refractivity contribution is -0.145. The molecule has 1 aliphatic rings. The molecule has 0 aliphatic carbocycles. The maximum Gasteiger partial charge on any atom is 0.328 e. The van der Waals surface area contributed by atoms with Crippen molar-refractivity contribution in [2.45, 2.75) is 18.9 Å². The normalized spacial score (nSPS) is 17.9. The summed E-state index contributed by atoms with van der Waals surface area (Å²) in [6.07, 6.45) is 1.39. The fourth-order valence-corrected chi connectivity index (χ4v) is 2.44. The van der Waals surface area contributed by atoms with Gasteiger partial charge in [-0.25, -0.2) is 4.79 Å². The van der Waals surface area contributed by atoms with E-state index >= 15 is 0 Å². The van der Waals surface area contributed by atoms with Crippen molar-refractivity contribution in [2.24, 2.45) is 0 Å². The highest BCUT2D eigenvalue weighted by atomic mass is 16.5. The average Bonchev–Trinajstić information content (AvgIpc) is 2.95. The van der Waals surface area contributed by atoms with Gasteiger partial charge in [0.25, 0.3) is 5.91 Å². The first-order valence-electron chi connectivity index (χ1n) is 6.40.